The zero-order valence-corrected chi connectivity index (χ0v) is 11.8. The lowest BCUT2D eigenvalue weighted by molar-refractivity contribution is 0.0774. The van der Waals surface area contributed by atoms with Gasteiger partial charge in [-0.2, -0.15) is 0 Å². The van der Waals surface area contributed by atoms with E-state index in [0.717, 1.165) is 32.4 Å². The van der Waals surface area contributed by atoms with Gasteiger partial charge in [0.1, 0.15) is 0 Å². The van der Waals surface area contributed by atoms with E-state index < -0.39 is 0 Å². The van der Waals surface area contributed by atoms with E-state index in [-0.39, 0.29) is 12.1 Å². The number of likely N-dealkylation sites (tertiary alicyclic amines) is 2. The summed E-state index contributed by atoms with van der Waals surface area (Å²) < 4.78 is 0. The SMILES string of the molecule is CC1CCCN(C(=O)N2C(C)CCCC2CN)C1. The lowest BCUT2D eigenvalue weighted by atomic mass is 9.96. The molecule has 3 atom stereocenters. The molecule has 0 radical (unpaired) electrons. The van der Waals surface area contributed by atoms with Gasteiger partial charge in [0, 0.05) is 31.7 Å². The number of carbonyl (C=O) groups is 1. The fraction of sp³-hybridized carbons (Fsp3) is 0.929. The highest BCUT2D eigenvalue weighted by atomic mass is 16.2. The van der Waals surface area contributed by atoms with Crippen molar-refractivity contribution < 1.29 is 4.79 Å². The van der Waals surface area contributed by atoms with Crippen LogP contribution in [0.5, 0.6) is 0 Å². The topological polar surface area (TPSA) is 49.6 Å². The third kappa shape index (κ3) is 2.79. The molecular formula is C14H27N3O. The summed E-state index contributed by atoms with van der Waals surface area (Å²) in [4.78, 5) is 16.8. The number of rotatable bonds is 1. The maximum absolute atomic E-state index is 12.7. The van der Waals surface area contributed by atoms with Crippen LogP contribution >= 0.6 is 0 Å². The van der Waals surface area contributed by atoms with Gasteiger partial charge in [-0.3, -0.25) is 0 Å². The van der Waals surface area contributed by atoms with E-state index in [0.29, 0.717) is 18.5 Å². The van der Waals surface area contributed by atoms with E-state index in [2.05, 4.69) is 18.7 Å². The number of amides is 2. The van der Waals surface area contributed by atoms with Crippen LogP contribution in [-0.2, 0) is 0 Å². The van der Waals surface area contributed by atoms with E-state index >= 15 is 0 Å². The first-order chi connectivity index (χ1) is 8.63. The Bertz CT molecular complexity index is 295. The minimum atomic E-state index is 0.226. The van der Waals surface area contributed by atoms with Crippen LogP contribution in [0.25, 0.3) is 0 Å². The maximum atomic E-state index is 12.7. The summed E-state index contributed by atoms with van der Waals surface area (Å²) in [6.07, 6.45) is 5.77. The van der Waals surface area contributed by atoms with E-state index in [4.69, 9.17) is 5.73 Å². The first-order valence-corrected chi connectivity index (χ1v) is 7.40. The molecule has 2 rings (SSSR count). The molecule has 104 valence electrons. The molecule has 2 saturated heterocycles. The zero-order valence-electron chi connectivity index (χ0n) is 11.8. The van der Waals surface area contributed by atoms with Crippen LogP contribution in [0.1, 0.15) is 46.0 Å². The molecule has 0 spiro atoms. The molecule has 2 fully saturated rings. The average Bonchev–Trinajstić information content (AvgIpc) is 2.37. The van der Waals surface area contributed by atoms with Gasteiger partial charge in [0.2, 0.25) is 0 Å². The van der Waals surface area contributed by atoms with Crippen molar-refractivity contribution in [2.24, 2.45) is 11.7 Å². The number of piperidine rings is 2. The highest BCUT2D eigenvalue weighted by Crippen LogP contribution is 2.25. The molecule has 0 bridgehead atoms. The van der Waals surface area contributed by atoms with Crippen molar-refractivity contribution in [2.45, 2.75) is 58.0 Å². The lowest BCUT2D eigenvalue weighted by Gasteiger charge is -2.44. The number of hydrogen-bond acceptors (Lipinski definition) is 2. The monoisotopic (exact) mass is 253 g/mol. The summed E-state index contributed by atoms with van der Waals surface area (Å²) in [6.45, 7) is 6.83. The number of nitrogens with two attached hydrogens (primary N) is 1. The van der Waals surface area contributed by atoms with Gasteiger partial charge in [0.25, 0.3) is 0 Å². The van der Waals surface area contributed by atoms with Crippen molar-refractivity contribution in [3.05, 3.63) is 0 Å². The van der Waals surface area contributed by atoms with Crippen molar-refractivity contribution >= 4 is 6.03 Å². The summed E-state index contributed by atoms with van der Waals surface area (Å²) in [5.41, 5.74) is 5.84. The molecule has 0 saturated carbocycles. The van der Waals surface area contributed by atoms with Gasteiger partial charge in [0.05, 0.1) is 0 Å². The van der Waals surface area contributed by atoms with E-state index in [9.17, 15) is 4.79 Å². The normalized spacial score (nSPS) is 33.6. The second-order valence-electron chi connectivity index (χ2n) is 6.05. The molecule has 2 N–H and O–H groups in total. The van der Waals surface area contributed by atoms with Crippen molar-refractivity contribution in [2.75, 3.05) is 19.6 Å². The molecule has 4 heteroatoms. The standard InChI is InChI=1S/C14H27N3O/c1-11-5-4-8-16(10-11)14(18)17-12(2)6-3-7-13(17)9-15/h11-13H,3-10,15H2,1-2H3. The Balaban J connectivity index is 2.05. The predicted octanol–water partition coefficient (Wildman–Crippen LogP) is 2.04. The van der Waals surface area contributed by atoms with Gasteiger partial charge in [-0.1, -0.05) is 6.92 Å². The van der Waals surface area contributed by atoms with Crippen LogP contribution in [0.3, 0.4) is 0 Å². The fourth-order valence-corrected chi connectivity index (χ4v) is 3.39. The zero-order chi connectivity index (χ0) is 13.1. The first-order valence-electron chi connectivity index (χ1n) is 7.40. The third-order valence-electron chi connectivity index (χ3n) is 4.45. The van der Waals surface area contributed by atoms with Gasteiger partial charge in [-0.05, 0) is 44.9 Å². The van der Waals surface area contributed by atoms with Gasteiger partial charge >= 0.3 is 6.03 Å². The first kappa shape index (κ1) is 13.7. The Hall–Kier alpha value is -0.770. The Morgan fingerprint density at radius 2 is 2.00 bits per heavy atom. The number of urea groups is 1. The Morgan fingerprint density at radius 1 is 1.22 bits per heavy atom. The minimum Gasteiger partial charge on any atom is -0.328 e. The lowest BCUT2D eigenvalue weighted by Crippen LogP contribution is -2.57. The van der Waals surface area contributed by atoms with Crippen molar-refractivity contribution in [1.29, 1.82) is 0 Å². The van der Waals surface area contributed by atoms with E-state index in [1.807, 2.05) is 4.90 Å². The molecule has 2 heterocycles. The third-order valence-corrected chi connectivity index (χ3v) is 4.45. The summed E-state index contributed by atoms with van der Waals surface area (Å²) >= 11 is 0. The van der Waals surface area contributed by atoms with Gasteiger partial charge in [-0.15, -0.1) is 0 Å². The predicted molar refractivity (Wildman–Crippen MR) is 73.4 cm³/mol. The van der Waals surface area contributed by atoms with Crippen LogP contribution in [-0.4, -0.2) is 47.5 Å². The second kappa shape index (κ2) is 5.91. The summed E-state index contributed by atoms with van der Waals surface area (Å²) in [5, 5.41) is 0. The van der Waals surface area contributed by atoms with Crippen molar-refractivity contribution in [1.82, 2.24) is 9.80 Å². The maximum Gasteiger partial charge on any atom is 0.320 e. The van der Waals surface area contributed by atoms with E-state index in [1.165, 1.54) is 12.8 Å². The summed E-state index contributed by atoms with van der Waals surface area (Å²) in [7, 11) is 0. The smallest absolute Gasteiger partial charge is 0.320 e. The number of hydrogen-bond donors (Lipinski definition) is 1. The summed E-state index contributed by atoms with van der Waals surface area (Å²) in [6, 6.07) is 0.819. The highest BCUT2D eigenvalue weighted by molar-refractivity contribution is 5.75. The molecule has 18 heavy (non-hydrogen) atoms. The molecule has 0 aromatic rings. The van der Waals surface area contributed by atoms with Crippen LogP contribution in [0.2, 0.25) is 0 Å². The largest absolute Gasteiger partial charge is 0.328 e. The number of carbonyl (C=O) groups excluding carboxylic acids is 1. The van der Waals surface area contributed by atoms with Crippen molar-refractivity contribution in [3.63, 3.8) is 0 Å². The van der Waals surface area contributed by atoms with Crippen LogP contribution in [0.4, 0.5) is 4.79 Å². The highest BCUT2D eigenvalue weighted by Gasteiger charge is 2.34. The Labute approximate surface area is 110 Å². The van der Waals surface area contributed by atoms with Crippen LogP contribution in [0, 0.1) is 5.92 Å². The van der Waals surface area contributed by atoms with E-state index in [1.54, 1.807) is 0 Å². The molecule has 0 aromatic carbocycles. The molecule has 2 aliphatic heterocycles. The van der Waals surface area contributed by atoms with Crippen molar-refractivity contribution in [3.8, 4) is 0 Å². The van der Waals surface area contributed by atoms with Crippen LogP contribution in [0.15, 0.2) is 0 Å². The second-order valence-corrected chi connectivity index (χ2v) is 6.05. The molecular weight excluding hydrogens is 226 g/mol. The van der Waals surface area contributed by atoms with Gasteiger partial charge in [-0.25, -0.2) is 4.79 Å². The van der Waals surface area contributed by atoms with Gasteiger partial charge in [0.15, 0.2) is 0 Å². The molecule has 0 aliphatic carbocycles. The molecule has 2 amide bonds. The minimum absolute atomic E-state index is 0.226. The summed E-state index contributed by atoms with van der Waals surface area (Å²) in [5.74, 6) is 0.638. The molecule has 2 aliphatic rings. The molecule has 3 unspecified atom stereocenters. The fourth-order valence-electron chi connectivity index (χ4n) is 3.39. The van der Waals surface area contributed by atoms with Crippen LogP contribution < -0.4 is 5.73 Å². The van der Waals surface area contributed by atoms with Gasteiger partial charge < -0.3 is 15.5 Å². The Kier molecular flexibility index (Phi) is 4.49. The molecule has 0 aromatic heterocycles. The number of nitrogens with zero attached hydrogens (tertiary/aromatic N) is 2. The average molecular weight is 253 g/mol. The Morgan fingerprint density at radius 3 is 2.67 bits per heavy atom. The quantitative estimate of drug-likeness (QED) is 0.777. The molecule has 4 nitrogen and oxygen atoms in total.